The Morgan fingerprint density at radius 2 is 1.47 bits per heavy atom. The molecule has 2 atom stereocenters. The molecule has 1 aromatic heterocycles. The second-order valence-corrected chi connectivity index (χ2v) is 15.9. The van der Waals surface area contributed by atoms with Gasteiger partial charge in [0.1, 0.15) is 12.8 Å². The molecule has 0 radical (unpaired) electrons. The molecule has 0 spiro atoms. The molecule has 2 unspecified atom stereocenters. The number of hydrogen-bond donors (Lipinski definition) is 0. The summed E-state index contributed by atoms with van der Waals surface area (Å²) < 4.78 is 11.8. The first-order valence-corrected chi connectivity index (χ1v) is 17.0. The number of para-hydroxylation sites is 2. The van der Waals surface area contributed by atoms with Crippen molar-refractivity contribution in [3.63, 3.8) is 0 Å². The van der Waals surface area contributed by atoms with E-state index in [0.717, 1.165) is 17.9 Å². The minimum Gasteiger partial charge on any atom is -0.478 e. The first-order chi connectivity index (χ1) is 22.4. The van der Waals surface area contributed by atoms with Gasteiger partial charge < -0.3 is 9.30 Å². The van der Waals surface area contributed by atoms with E-state index < -0.39 is 0 Å². The van der Waals surface area contributed by atoms with Gasteiger partial charge >= 0.3 is 0 Å². The van der Waals surface area contributed by atoms with Gasteiger partial charge in [-0.25, -0.2) is 4.58 Å². The average molecular weight is 618 g/mol. The third-order valence-electron chi connectivity index (χ3n) is 10.3. The van der Waals surface area contributed by atoms with Crippen molar-refractivity contribution in [2.24, 2.45) is 5.41 Å². The van der Waals surface area contributed by atoms with Crippen molar-refractivity contribution < 1.29 is 9.31 Å². The average Bonchev–Trinajstić information content (AvgIpc) is 3.56. The first-order valence-electron chi connectivity index (χ1n) is 17.0. The zero-order chi connectivity index (χ0) is 32.8. The van der Waals surface area contributed by atoms with E-state index in [0.29, 0.717) is 0 Å². The molecule has 5 aromatic carbocycles. The highest BCUT2D eigenvalue weighted by molar-refractivity contribution is 6.11. The predicted octanol–water partition coefficient (Wildman–Crippen LogP) is 10.6. The summed E-state index contributed by atoms with van der Waals surface area (Å²) in [5, 5.41) is 5.25. The van der Waals surface area contributed by atoms with Gasteiger partial charge in [-0.3, -0.25) is 0 Å². The number of nitrogens with zero attached hydrogens (tertiary/aromatic N) is 2. The van der Waals surface area contributed by atoms with Crippen LogP contribution in [0.1, 0.15) is 75.3 Å². The zero-order valence-electron chi connectivity index (χ0n) is 29.0. The van der Waals surface area contributed by atoms with Crippen molar-refractivity contribution in [1.29, 1.82) is 0 Å². The van der Waals surface area contributed by atoms with Gasteiger partial charge in [0.15, 0.2) is 12.3 Å². The van der Waals surface area contributed by atoms with Crippen LogP contribution in [0.2, 0.25) is 0 Å². The molecule has 0 amide bonds. The van der Waals surface area contributed by atoms with E-state index in [1.54, 1.807) is 0 Å². The number of hydrogen-bond acceptors (Lipinski definition) is 1. The van der Waals surface area contributed by atoms with Crippen molar-refractivity contribution in [2.45, 2.75) is 72.3 Å². The van der Waals surface area contributed by atoms with Crippen LogP contribution in [0.15, 0.2) is 103 Å². The van der Waals surface area contributed by atoms with E-state index in [1.165, 1.54) is 66.1 Å². The van der Waals surface area contributed by atoms with E-state index in [4.69, 9.17) is 4.74 Å². The zero-order valence-corrected chi connectivity index (χ0v) is 29.0. The number of ether oxygens (including phenoxy) is 1. The fourth-order valence-electron chi connectivity index (χ4n) is 8.17. The number of aryl methyl sites for hydroxylation is 1. The number of rotatable bonds is 3. The van der Waals surface area contributed by atoms with Crippen molar-refractivity contribution in [3.8, 4) is 11.4 Å². The Bertz CT molecular complexity index is 2300. The molecule has 0 saturated carbocycles. The van der Waals surface area contributed by atoms with Crippen LogP contribution in [-0.4, -0.2) is 28.0 Å². The van der Waals surface area contributed by atoms with Gasteiger partial charge in [-0.05, 0) is 75.9 Å². The van der Waals surface area contributed by atoms with E-state index >= 15 is 0 Å². The molecule has 6 aromatic rings. The first kappa shape index (κ1) is 29.8. The number of fused-ring (bicyclic) bond motifs is 7. The summed E-state index contributed by atoms with van der Waals surface area (Å²) in [5.74, 6) is 1.13. The smallest absolute Gasteiger partial charge is 0.230 e. The highest BCUT2D eigenvalue weighted by atomic mass is 16.5. The maximum Gasteiger partial charge on any atom is 0.230 e. The van der Waals surface area contributed by atoms with Gasteiger partial charge in [0.05, 0.1) is 17.0 Å². The Morgan fingerprint density at radius 1 is 0.766 bits per heavy atom. The van der Waals surface area contributed by atoms with E-state index in [9.17, 15) is 0 Å². The van der Waals surface area contributed by atoms with Gasteiger partial charge in [0.25, 0.3) is 0 Å². The van der Waals surface area contributed by atoms with Crippen LogP contribution in [0.5, 0.6) is 5.75 Å². The topological polar surface area (TPSA) is 17.2 Å². The van der Waals surface area contributed by atoms with Crippen LogP contribution in [0.25, 0.3) is 38.3 Å². The Labute approximate surface area is 278 Å². The third-order valence-corrected chi connectivity index (χ3v) is 10.3. The van der Waals surface area contributed by atoms with Gasteiger partial charge in [-0.1, -0.05) is 108 Å². The highest BCUT2D eigenvalue weighted by Gasteiger charge is 2.44. The predicted molar refractivity (Wildman–Crippen MR) is 198 cm³/mol. The summed E-state index contributed by atoms with van der Waals surface area (Å²) in [7, 11) is 2.17. The van der Waals surface area contributed by atoms with Gasteiger partial charge in [0, 0.05) is 33.7 Å². The summed E-state index contributed by atoms with van der Waals surface area (Å²) in [5.41, 5.74) is 11.7. The van der Waals surface area contributed by atoms with Gasteiger partial charge in [0.2, 0.25) is 5.71 Å². The minimum atomic E-state index is -0.0995. The lowest BCUT2D eigenvalue weighted by atomic mass is 9.79. The van der Waals surface area contributed by atoms with Crippen LogP contribution in [0, 0.1) is 12.3 Å². The van der Waals surface area contributed by atoms with Crippen LogP contribution >= 0.6 is 0 Å². The van der Waals surface area contributed by atoms with Crippen molar-refractivity contribution in [3.05, 3.63) is 131 Å². The molecule has 8 rings (SSSR count). The summed E-state index contributed by atoms with van der Waals surface area (Å²) in [6, 6.07) is 33.8. The van der Waals surface area contributed by atoms with E-state index in [-0.39, 0.29) is 22.9 Å². The maximum absolute atomic E-state index is 7.07. The second-order valence-electron chi connectivity index (χ2n) is 15.9. The lowest BCUT2D eigenvalue weighted by Crippen LogP contribution is -2.38. The van der Waals surface area contributed by atoms with Crippen molar-refractivity contribution in [1.82, 2.24) is 4.57 Å². The summed E-state index contributed by atoms with van der Waals surface area (Å²) in [6.45, 7) is 16.2. The number of aromatic nitrogens is 1. The monoisotopic (exact) mass is 617 g/mol. The lowest BCUT2D eigenvalue weighted by molar-refractivity contribution is -0.427. The number of benzene rings is 5. The normalized spacial score (nSPS) is 17.9. The largest absolute Gasteiger partial charge is 0.478 e. The molecule has 0 bridgehead atoms. The highest BCUT2D eigenvalue weighted by Crippen LogP contribution is 2.45. The molecule has 3 heterocycles. The maximum atomic E-state index is 7.07. The standard InChI is InChI=1S/C44H45N2O/c1-27-30-15-9-10-16-31(30)37(44(5,6)7)25-36(27)41-42-35(22-23-45(41)8)33-21-20-29(24-39(33)47-42)46-38-19-12-11-17-32(38)34-18-13-14-28(40(34)46)26-43(2,3)4/h9-25,35,42H,26H2,1-8H3/q+1. The van der Waals surface area contributed by atoms with E-state index in [1.807, 2.05) is 0 Å². The lowest BCUT2D eigenvalue weighted by Gasteiger charge is -2.26. The minimum absolute atomic E-state index is 0.00758. The second kappa shape index (κ2) is 10.4. The molecule has 3 heteroatoms. The molecular formula is C44H45N2O+. The third kappa shape index (κ3) is 4.74. The van der Waals surface area contributed by atoms with Crippen LogP contribution in [-0.2, 0) is 11.8 Å². The van der Waals surface area contributed by atoms with Gasteiger partial charge in [-0.15, -0.1) is 0 Å². The molecule has 47 heavy (non-hydrogen) atoms. The molecule has 3 nitrogen and oxygen atoms in total. The van der Waals surface area contributed by atoms with Gasteiger partial charge in [-0.2, -0.15) is 0 Å². The fourth-order valence-corrected chi connectivity index (χ4v) is 8.17. The van der Waals surface area contributed by atoms with Crippen molar-refractivity contribution in [2.75, 3.05) is 7.05 Å². The van der Waals surface area contributed by atoms with Crippen LogP contribution in [0.3, 0.4) is 0 Å². The summed E-state index contributed by atoms with van der Waals surface area (Å²) in [6.07, 6.45) is 5.46. The van der Waals surface area contributed by atoms with E-state index in [2.05, 4.69) is 168 Å². The Balaban J connectivity index is 1.28. The SMILES string of the molecule is Cc1c(C2=[N+](C)C=CC3c4ccc(-n5c6ccccc6c6cccc(CC(C)(C)C)c65)cc4OC23)cc(C(C)(C)C)c2ccccc12. The molecule has 0 fully saturated rings. The fraction of sp³-hybridized carbons (Fsp3) is 0.295. The summed E-state index contributed by atoms with van der Waals surface area (Å²) >= 11 is 0. The molecule has 0 N–H and O–H groups in total. The quantitative estimate of drug-likeness (QED) is 0.181. The Hall–Kier alpha value is -4.63. The van der Waals surface area contributed by atoms with Crippen LogP contribution < -0.4 is 4.74 Å². The molecular weight excluding hydrogens is 572 g/mol. The molecule has 236 valence electrons. The van der Waals surface area contributed by atoms with Crippen LogP contribution in [0.4, 0.5) is 0 Å². The Kier molecular flexibility index (Phi) is 6.61. The molecule has 2 aliphatic heterocycles. The summed E-state index contributed by atoms with van der Waals surface area (Å²) in [4.78, 5) is 0. The Morgan fingerprint density at radius 3 is 2.21 bits per heavy atom. The molecule has 0 saturated heterocycles. The molecule has 0 aliphatic carbocycles. The van der Waals surface area contributed by atoms with Crippen molar-refractivity contribution >= 4 is 38.3 Å². The molecule has 2 aliphatic rings.